The Morgan fingerprint density at radius 3 is 2.37 bits per heavy atom. The number of hydrogen-bond acceptors (Lipinski definition) is 1. The normalized spacial score (nSPS) is 14.1. The van der Waals surface area contributed by atoms with E-state index in [1.165, 1.54) is 18.5 Å². The summed E-state index contributed by atoms with van der Waals surface area (Å²) in [5.74, 6) is 0. The maximum Gasteiger partial charge on any atom is 0.0424 e. The van der Waals surface area contributed by atoms with Gasteiger partial charge in [0.05, 0.1) is 0 Å². The van der Waals surface area contributed by atoms with E-state index in [1.54, 1.807) is 0 Å². The van der Waals surface area contributed by atoms with Gasteiger partial charge in [0.15, 0.2) is 0 Å². The molecule has 0 bridgehead atoms. The molecule has 1 aliphatic carbocycles. The Balaban J connectivity index is 0. The SMILES string of the molecule is CC=CC=CCCC.CP(C)(C)=NC1=CC=CC1.[Ti]. The second-order valence-electron chi connectivity index (χ2n) is 5.07. The second-order valence-corrected chi connectivity index (χ2v) is 9.16. The Morgan fingerprint density at radius 1 is 1.26 bits per heavy atom. The number of unbranched alkanes of at least 4 members (excludes halogenated alkanes) is 1. The van der Waals surface area contributed by atoms with Crippen molar-refractivity contribution in [3.8, 4) is 0 Å². The van der Waals surface area contributed by atoms with Crippen LogP contribution in [0, 0.1) is 0 Å². The summed E-state index contributed by atoms with van der Waals surface area (Å²) in [6.45, 7) is 10.9. The van der Waals surface area contributed by atoms with Crippen LogP contribution in [0.2, 0.25) is 0 Å². The van der Waals surface area contributed by atoms with Crippen LogP contribution in [0.4, 0.5) is 0 Å². The first kappa shape index (κ1) is 21.2. The van der Waals surface area contributed by atoms with E-state index >= 15 is 0 Å². The van der Waals surface area contributed by atoms with Gasteiger partial charge >= 0.3 is 0 Å². The van der Waals surface area contributed by atoms with Gasteiger partial charge in [-0.2, -0.15) is 0 Å². The number of hydrogen-bond donors (Lipinski definition) is 0. The zero-order valence-corrected chi connectivity index (χ0v) is 15.5. The van der Waals surface area contributed by atoms with Crippen LogP contribution >= 0.6 is 7.05 Å². The molecule has 0 saturated heterocycles. The van der Waals surface area contributed by atoms with Crippen molar-refractivity contribution in [2.24, 2.45) is 4.74 Å². The molecule has 0 N–H and O–H groups in total. The van der Waals surface area contributed by atoms with Crippen LogP contribution in [0.25, 0.3) is 0 Å². The van der Waals surface area contributed by atoms with Gasteiger partial charge in [0.2, 0.25) is 0 Å². The van der Waals surface area contributed by atoms with Gasteiger partial charge < -0.3 is 0 Å². The summed E-state index contributed by atoms with van der Waals surface area (Å²) >= 11 is 0. The second kappa shape index (κ2) is 12.9. The molecule has 0 fully saturated rings. The average molecular weight is 313 g/mol. The summed E-state index contributed by atoms with van der Waals surface area (Å²) < 4.78 is 4.62. The minimum Gasteiger partial charge on any atom is -0.272 e. The molecule has 106 valence electrons. The molecule has 0 spiro atoms. The summed E-state index contributed by atoms with van der Waals surface area (Å²) in [4.78, 5) is 0. The molecule has 0 amide bonds. The van der Waals surface area contributed by atoms with Gasteiger partial charge in [0, 0.05) is 33.8 Å². The fourth-order valence-corrected chi connectivity index (χ4v) is 2.27. The van der Waals surface area contributed by atoms with Crippen molar-refractivity contribution in [1.82, 2.24) is 0 Å². The predicted octanol–water partition coefficient (Wildman–Crippen LogP) is 5.84. The Labute approximate surface area is 134 Å². The molecule has 0 radical (unpaired) electrons. The number of allylic oxidation sites excluding steroid dienone is 7. The molecule has 1 aliphatic rings. The van der Waals surface area contributed by atoms with Crippen molar-refractivity contribution in [2.45, 2.75) is 33.1 Å². The minimum atomic E-state index is -0.948. The van der Waals surface area contributed by atoms with Gasteiger partial charge in [-0.05, 0) is 46.5 Å². The molecule has 0 saturated carbocycles. The van der Waals surface area contributed by atoms with Gasteiger partial charge in [-0.25, -0.2) is 0 Å². The first-order valence-electron chi connectivity index (χ1n) is 6.68. The van der Waals surface area contributed by atoms with E-state index < -0.39 is 7.05 Å². The molecule has 19 heavy (non-hydrogen) atoms. The Morgan fingerprint density at radius 2 is 1.95 bits per heavy atom. The summed E-state index contributed by atoms with van der Waals surface area (Å²) in [6.07, 6.45) is 18.2. The molecule has 1 nitrogen and oxygen atoms in total. The number of nitrogens with zero attached hydrogens (tertiary/aromatic N) is 1. The average Bonchev–Trinajstić information content (AvgIpc) is 2.76. The zero-order valence-electron chi connectivity index (χ0n) is 13.1. The third kappa shape index (κ3) is 15.8. The van der Waals surface area contributed by atoms with Crippen LogP contribution in [0.1, 0.15) is 33.1 Å². The molecule has 0 unspecified atom stereocenters. The quantitative estimate of drug-likeness (QED) is 0.351. The van der Waals surface area contributed by atoms with Crippen molar-refractivity contribution in [2.75, 3.05) is 20.0 Å². The fraction of sp³-hybridized carbons (Fsp3) is 0.500. The Kier molecular flexibility index (Phi) is 14.4. The van der Waals surface area contributed by atoms with Crippen LogP contribution in [-0.2, 0) is 21.7 Å². The fourth-order valence-electron chi connectivity index (χ4n) is 1.35. The predicted molar refractivity (Wildman–Crippen MR) is 87.8 cm³/mol. The van der Waals surface area contributed by atoms with Crippen molar-refractivity contribution >= 4 is 7.05 Å². The van der Waals surface area contributed by atoms with E-state index in [1.807, 2.05) is 13.0 Å². The maximum atomic E-state index is 4.62. The summed E-state index contributed by atoms with van der Waals surface area (Å²) in [7, 11) is -0.948. The van der Waals surface area contributed by atoms with Crippen LogP contribution < -0.4 is 0 Å². The third-order valence-electron chi connectivity index (χ3n) is 2.08. The molecule has 0 aromatic heterocycles. The van der Waals surface area contributed by atoms with E-state index in [0.717, 1.165) is 6.42 Å². The van der Waals surface area contributed by atoms with Crippen LogP contribution in [0.15, 0.2) is 53.0 Å². The van der Waals surface area contributed by atoms with Gasteiger partial charge in [0.1, 0.15) is 0 Å². The van der Waals surface area contributed by atoms with E-state index in [-0.39, 0.29) is 21.7 Å². The molecular weight excluding hydrogens is 285 g/mol. The molecule has 1 rings (SSSR count). The molecule has 3 heteroatoms. The van der Waals surface area contributed by atoms with Crippen LogP contribution in [0.3, 0.4) is 0 Å². The number of rotatable bonds is 4. The third-order valence-corrected chi connectivity index (χ3v) is 2.93. The molecule has 0 aliphatic heterocycles. The maximum absolute atomic E-state index is 4.62. The molecule has 0 atom stereocenters. The van der Waals surface area contributed by atoms with Crippen LogP contribution in [-0.4, -0.2) is 20.0 Å². The van der Waals surface area contributed by atoms with Crippen LogP contribution in [0.5, 0.6) is 0 Å². The topological polar surface area (TPSA) is 12.4 Å². The van der Waals surface area contributed by atoms with Gasteiger partial charge in [0.25, 0.3) is 0 Å². The van der Waals surface area contributed by atoms with Gasteiger partial charge in [-0.3, -0.25) is 4.74 Å². The van der Waals surface area contributed by atoms with E-state index in [4.69, 9.17) is 0 Å². The molecule has 0 heterocycles. The molecule has 0 aromatic carbocycles. The van der Waals surface area contributed by atoms with E-state index in [9.17, 15) is 0 Å². The standard InChI is InChI=1S/C8H14NP.C8H14.Ti/c1-10(2,3)9-8-6-4-5-7-8;1-3-5-7-8-6-4-2;/h4-6H,7H2,1-3H3;3,5,7-8H,4,6H2,1-2H3;. The zero-order chi connectivity index (χ0) is 13.9. The molecule has 0 aromatic rings. The summed E-state index contributed by atoms with van der Waals surface area (Å²) in [5, 5.41) is 0. The first-order chi connectivity index (χ1) is 8.49. The largest absolute Gasteiger partial charge is 0.272 e. The van der Waals surface area contributed by atoms with Crippen molar-refractivity contribution in [3.05, 3.63) is 48.2 Å². The van der Waals surface area contributed by atoms with E-state index in [2.05, 4.69) is 68.1 Å². The Bertz CT molecular complexity index is 375. The molecular formula is C16H28NPTi. The van der Waals surface area contributed by atoms with Crippen molar-refractivity contribution in [1.29, 1.82) is 0 Å². The summed E-state index contributed by atoms with van der Waals surface area (Å²) in [6, 6.07) is 0. The van der Waals surface area contributed by atoms with Crippen molar-refractivity contribution < 1.29 is 21.7 Å². The van der Waals surface area contributed by atoms with Gasteiger partial charge in [-0.15, -0.1) is 0 Å². The van der Waals surface area contributed by atoms with E-state index in [0.29, 0.717) is 0 Å². The first-order valence-corrected chi connectivity index (χ1v) is 9.76. The summed E-state index contributed by atoms with van der Waals surface area (Å²) in [5.41, 5.74) is 1.25. The van der Waals surface area contributed by atoms with Gasteiger partial charge in [-0.1, -0.05) is 49.8 Å². The monoisotopic (exact) mass is 313 g/mol. The Hall–Kier alpha value is -0.0957. The smallest absolute Gasteiger partial charge is 0.0424 e. The minimum absolute atomic E-state index is 0. The van der Waals surface area contributed by atoms with Crippen molar-refractivity contribution in [3.63, 3.8) is 0 Å².